The van der Waals surface area contributed by atoms with Crippen LogP contribution in [0.15, 0.2) is 18.2 Å². The Morgan fingerprint density at radius 3 is 2.74 bits per heavy atom. The summed E-state index contributed by atoms with van der Waals surface area (Å²) in [6.45, 7) is 5.49. The average Bonchev–Trinajstić information content (AvgIpc) is 2.94. The van der Waals surface area contributed by atoms with Gasteiger partial charge in [-0.1, -0.05) is 26.0 Å². The number of carbonyl (C=O) groups is 3. The summed E-state index contributed by atoms with van der Waals surface area (Å²) in [4.78, 5) is 37.8. The van der Waals surface area contributed by atoms with Crippen LogP contribution >= 0.6 is 0 Å². The third kappa shape index (κ3) is 3.04. The zero-order chi connectivity index (χ0) is 19.3. The van der Waals surface area contributed by atoms with Crippen molar-refractivity contribution in [1.82, 2.24) is 15.5 Å². The van der Waals surface area contributed by atoms with Gasteiger partial charge in [-0.05, 0) is 35.4 Å². The SMILES string of the molecule is CC1(C)C(N)CC1NCc1ccc2c(c1)CN(C1CCC(=O)NC1=O)C2=O. The molecule has 0 radical (unpaired) electrons. The van der Waals surface area contributed by atoms with E-state index in [9.17, 15) is 14.4 Å². The lowest BCUT2D eigenvalue weighted by Gasteiger charge is -2.50. The summed E-state index contributed by atoms with van der Waals surface area (Å²) in [6.07, 6.45) is 1.63. The predicted molar refractivity (Wildman–Crippen MR) is 99.5 cm³/mol. The number of benzene rings is 1. The number of imide groups is 1. The Kier molecular flexibility index (Phi) is 4.31. The Hall–Kier alpha value is -2.25. The topological polar surface area (TPSA) is 105 Å². The molecule has 4 rings (SSSR count). The number of nitrogens with one attached hydrogen (secondary N) is 2. The maximum atomic E-state index is 12.7. The number of piperidine rings is 1. The molecule has 0 aromatic heterocycles. The normalized spacial score (nSPS) is 29.4. The average molecular weight is 370 g/mol. The standard InChI is InChI=1S/C20H26N4O3/c1-20(2)15(21)8-16(20)22-9-11-3-4-13-12(7-11)10-24(19(13)27)14-5-6-17(25)23-18(14)26/h3-4,7,14-16,22H,5-6,8-10,21H2,1-2H3,(H,23,25,26). The van der Waals surface area contributed by atoms with E-state index in [0.717, 1.165) is 24.1 Å². The van der Waals surface area contributed by atoms with E-state index in [1.165, 1.54) is 0 Å². The van der Waals surface area contributed by atoms with Crippen LogP contribution in [0.1, 0.15) is 54.6 Å². The highest BCUT2D eigenvalue weighted by Crippen LogP contribution is 2.39. The number of fused-ring (bicyclic) bond motifs is 1. The van der Waals surface area contributed by atoms with Crippen LogP contribution in [0.25, 0.3) is 0 Å². The summed E-state index contributed by atoms with van der Waals surface area (Å²) >= 11 is 0. The van der Waals surface area contributed by atoms with Gasteiger partial charge >= 0.3 is 0 Å². The minimum atomic E-state index is -0.568. The first-order chi connectivity index (χ1) is 12.8. The molecule has 2 fully saturated rings. The van der Waals surface area contributed by atoms with Gasteiger partial charge in [0.15, 0.2) is 0 Å². The van der Waals surface area contributed by atoms with Crippen molar-refractivity contribution < 1.29 is 14.4 Å². The Labute approximate surface area is 158 Å². The van der Waals surface area contributed by atoms with E-state index in [1.807, 2.05) is 18.2 Å². The molecule has 2 aliphatic heterocycles. The molecule has 1 aromatic rings. The van der Waals surface area contributed by atoms with Crippen LogP contribution in [0, 0.1) is 5.41 Å². The summed E-state index contributed by atoms with van der Waals surface area (Å²) in [5.41, 5.74) is 8.87. The summed E-state index contributed by atoms with van der Waals surface area (Å²) in [5, 5.41) is 5.89. The molecule has 7 heteroatoms. The van der Waals surface area contributed by atoms with Crippen LogP contribution < -0.4 is 16.4 Å². The molecule has 2 heterocycles. The third-order valence-electron chi connectivity index (χ3n) is 6.48. The second-order valence-corrected chi connectivity index (χ2v) is 8.49. The smallest absolute Gasteiger partial charge is 0.255 e. The number of carbonyl (C=O) groups excluding carboxylic acids is 3. The highest BCUT2D eigenvalue weighted by molar-refractivity contribution is 6.05. The van der Waals surface area contributed by atoms with E-state index in [1.54, 1.807) is 4.90 Å². The fraction of sp³-hybridized carbons (Fsp3) is 0.550. The molecule has 1 saturated carbocycles. The van der Waals surface area contributed by atoms with E-state index in [-0.39, 0.29) is 35.6 Å². The fourth-order valence-electron chi connectivity index (χ4n) is 4.28. The Balaban J connectivity index is 1.43. The van der Waals surface area contributed by atoms with Gasteiger partial charge in [0.1, 0.15) is 6.04 Å². The van der Waals surface area contributed by atoms with E-state index in [0.29, 0.717) is 24.6 Å². The molecular weight excluding hydrogens is 344 g/mol. The van der Waals surface area contributed by atoms with Gasteiger partial charge < -0.3 is 16.0 Å². The van der Waals surface area contributed by atoms with Crippen molar-refractivity contribution in [3.05, 3.63) is 34.9 Å². The maximum absolute atomic E-state index is 12.7. The van der Waals surface area contributed by atoms with E-state index < -0.39 is 6.04 Å². The van der Waals surface area contributed by atoms with Crippen molar-refractivity contribution in [3.63, 3.8) is 0 Å². The van der Waals surface area contributed by atoms with Gasteiger partial charge in [-0.25, -0.2) is 0 Å². The number of amides is 3. The molecule has 144 valence electrons. The van der Waals surface area contributed by atoms with Crippen molar-refractivity contribution in [2.75, 3.05) is 0 Å². The zero-order valence-electron chi connectivity index (χ0n) is 15.7. The number of rotatable bonds is 4. The van der Waals surface area contributed by atoms with Crippen LogP contribution in [-0.4, -0.2) is 40.7 Å². The molecule has 7 nitrogen and oxygen atoms in total. The van der Waals surface area contributed by atoms with E-state index >= 15 is 0 Å². The lowest BCUT2D eigenvalue weighted by molar-refractivity contribution is -0.136. The van der Waals surface area contributed by atoms with Gasteiger partial charge in [-0.15, -0.1) is 0 Å². The predicted octanol–water partition coefficient (Wildman–Crippen LogP) is 0.663. The van der Waals surface area contributed by atoms with Gasteiger partial charge in [0.2, 0.25) is 11.8 Å². The van der Waals surface area contributed by atoms with Gasteiger partial charge in [0.05, 0.1) is 0 Å². The van der Waals surface area contributed by atoms with Crippen LogP contribution in [0.2, 0.25) is 0 Å². The van der Waals surface area contributed by atoms with Gasteiger partial charge in [0, 0.05) is 37.2 Å². The molecule has 0 bridgehead atoms. The first-order valence-electron chi connectivity index (χ1n) is 9.53. The molecular formula is C20H26N4O3. The summed E-state index contributed by atoms with van der Waals surface area (Å²) < 4.78 is 0. The van der Waals surface area contributed by atoms with Gasteiger partial charge in [-0.3, -0.25) is 19.7 Å². The second kappa shape index (κ2) is 6.42. The second-order valence-electron chi connectivity index (χ2n) is 8.49. The largest absolute Gasteiger partial charge is 0.327 e. The molecule has 4 N–H and O–H groups in total. The number of hydrogen-bond donors (Lipinski definition) is 3. The van der Waals surface area contributed by atoms with Crippen LogP contribution in [-0.2, 0) is 22.7 Å². The molecule has 1 saturated heterocycles. The van der Waals surface area contributed by atoms with Crippen molar-refractivity contribution in [2.45, 2.75) is 64.3 Å². The first kappa shape index (κ1) is 18.1. The minimum absolute atomic E-state index is 0.0925. The molecule has 0 spiro atoms. The van der Waals surface area contributed by atoms with E-state index in [4.69, 9.17) is 5.73 Å². The van der Waals surface area contributed by atoms with Crippen molar-refractivity contribution in [1.29, 1.82) is 0 Å². The molecule has 3 amide bonds. The van der Waals surface area contributed by atoms with Crippen LogP contribution in [0.5, 0.6) is 0 Å². The maximum Gasteiger partial charge on any atom is 0.255 e. The van der Waals surface area contributed by atoms with Crippen molar-refractivity contribution in [2.24, 2.45) is 11.1 Å². The fourth-order valence-corrected chi connectivity index (χ4v) is 4.28. The summed E-state index contributed by atoms with van der Waals surface area (Å²) in [7, 11) is 0. The molecule has 3 unspecified atom stereocenters. The molecule has 3 aliphatic rings. The monoisotopic (exact) mass is 370 g/mol. The Morgan fingerprint density at radius 2 is 2.07 bits per heavy atom. The summed E-state index contributed by atoms with van der Waals surface area (Å²) in [5.74, 6) is -0.782. The first-order valence-corrected chi connectivity index (χ1v) is 9.53. The lowest BCUT2D eigenvalue weighted by atomic mass is 9.63. The Morgan fingerprint density at radius 1 is 1.30 bits per heavy atom. The van der Waals surface area contributed by atoms with Gasteiger partial charge in [0.25, 0.3) is 5.91 Å². The quantitative estimate of drug-likeness (QED) is 0.676. The summed E-state index contributed by atoms with van der Waals surface area (Å²) in [6, 6.07) is 5.90. The molecule has 1 aromatic carbocycles. The number of hydrogen-bond acceptors (Lipinski definition) is 5. The number of nitrogens with zero attached hydrogens (tertiary/aromatic N) is 1. The minimum Gasteiger partial charge on any atom is -0.327 e. The van der Waals surface area contributed by atoms with E-state index in [2.05, 4.69) is 24.5 Å². The third-order valence-corrected chi connectivity index (χ3v) is 6.48. The van der Waals surface area contributed by atoms with Gasteiger partial charge in [-0.2, -0.15) is 0 Å². The zero-order valence-corrected chi connectivity index (χ0v) is 15.7. The highest BCUT2D eigenvalue weighted by Gasteiger charge is 2.45. The molecule has 27 heavy (non-hydrogen) atoms. The molecule has 3 atom stereocenters. The molecule has 1 aliphatic carbocycles. The Bertz CT molecular complexity index is 819. The van der Waals surface area contributed by atoms with Crippen LogP contribution in [0.3, 0.4) is 0 Å². The van der Waals surface area contributed by atoms with Crippen molar-refractivity contribution in [3.8, 4) is 0 Å². The highest BCUT2D eigenvalue weighted by atomic mass is 16.2. The van der Waals surface area contributed by atoms with Crippen molar-refractivity contribution >= 4 is 17.7 Å². The number of nitrogens with two attached hydrogens (primary N) is 1. The lowest BCUT2D eigenvalue weighted by Crippen LogP contribution is -2.63. The van der Waals surface area contributed by atoms with Crippen LogP contribution in [0.4, 0.5) is 0 Å².